The maximum absolute atomic E-state index is 14.5. The summed E-state index contributed by atoms with van der Waals surface area (Å²) in [6, 6.07) is 3.01. The van der Waals surface area contributed by atoms with Crippen LogP contribution < -0.4 is 29.6 Å². The van der Waals surface area contributed by atoms with Crippen molar-refractivity contribution in [2.24, 2.45) is 11.3 Å². The first-order valence-corrected chi connectivity index (χ1v) is 18.5. The van der Waals surface area contributed by atoms with Crippen molar-refractivity contribution in [2.45, 2.75) is 102 Å². The summed E-state index contributed by atoms with van der Waals surface area (Å²) in [5, 5.41) is 6.16. The van der Waals surface area contributed by atoms with Gasteiger partial charge in [0.25, 0.3) is 5.91 Å². The van der Waals surface area contributed by atoms with Gasteiger partial charge in [-0.05, 0) is 63.6 Å². The van der Waals surface area contributed by atoms with Gasteiger partial charge in [-0.15, -0.1) is 6.58 Å². The number of benzene rings is 1. The molecule has 3 N–H and O–H groups in total. The molecule has 0 unspecified atom stereocenters. The average molecular weight is 728 g/mol. The van der Waals surface area contributed by atoms with Gasteiger partial charge >= 0.3 is 6.09 Å². The lowest BCUT2D eigenvalue weighted by Gasteiger charge is -2.36. The molecule has 1 aromatic carbocycles. The lowest BCUT2D eigenvalue weighted by Crippen LogP contribution is -2.60. The fourth-order valence-corrected chi connectivity index (χ4v) is 7.84. The van der Waals surface area contributed by atoms with Crippen molar-refractivity contribution in [3.63, 3.8) is 0 Å². The Hall–Kier alpha value is -4.60. The Balaban J connectivity index is 1.29. The first kappa shape index (κ1) is 36.2. The van der Waals surface area contributed by atoms with E-state index in [1.165, 1.54) is 11.0 Å². The van der Waals surface area contributed by atoms with Gasteiger partial charge in [-0.25, -0.2) is 18.2 Å². The number of pyridine rings is 1. The Kier molecular flexibility index (Phi) is 9.13. The smallest absolute Gasteiger partial charge is 0.408 e. The average Bonchev–Trinajstić information content (AvgIpc) is 3.92. The Morgan fingerprint density at radius 1 is 1.08 bits per heavy atom. The van der Waals surface area contributed by atoms with E-state index in [1.807, 2.05) is 0 Å². The number of aromatic nitrogens is 1. The number of carbonyl (C=O) groups is 4. The molecule has 3 heterocycles. The molecule has 0 bridgehead atoms. The molecule has 2 aliphatic heterocycles. The number of hydrogen-bond acceptors (Lipinski definition) is 11. The molecule has 1 saturated heterocycles. The van der Waals surface area contributed by atoms with Crippen molar-refractivity contribution < 1.29 is 46.5 Å². The second kappa shape index (κ2) is 12.9. The van der Waals surface area contributed by atoms with E-state index in [1.54, 1.807) is 65.9 Å². The number of rotatable bonds is 10. The molecule has 276 valence electrons. The van der Waals surface area contributed by atoms with E-state index in [9.17, 15) is 27.6 Å². The fraction of sp³-hybridized carbons (Fsp3) is 0.571. The van der Waals surface area contributed by atoms with Crippen LogP contribution in [0.25, 0.3) is 10.8 Å². The van der Waals surface area contributed by atoms with Crippen LogP contribution in [-0.4, -0.2) is 90.0 Å². The summed E-state index contributed by atoms with van der Waals surface area (Å²) in [5.74, 6) is -1.25. The van der Waals surface area contributed by atoms with E-state index in [0.29, 0.717) is 35.1 Å². The first-order chi connectivity index (χ1) is 23.8. The van der Waals surface area contributed by atoms with Crippen molar-refractivity contribution in [1.82, 2.24) is 25.2 Å². The number of fused-ring (bicyclic) bond motifs is 3. The van der Waals surface area contributed by atoms with Crippen LogP contribution in [0.5, 0.6) is 17.4 Å². The number of likely N-dealkylation sites (tertiary alicyclic amines) is 1. The predicted molar refractivity (Wildman–Crippen MR) is 184 cm³/mol. The summed E-state index contributed by atoms with van der Waals surface area (Å²) in [6.07, 6.45) is 2.54. The Bertz CT molecular complexity index is 1880. The summed E-state index contributed by atoms with van der Waals surface area (Å²) >= 11 is 0. The lowest BCUT2D eigenvalue weighted by molar-refractivity contribution is -0.143. The largest absolute Gasteiger partial charge is 0.472 e. The van der Waals surface area contributed by atoms with E-state index in [2.05, 4.69) is 26.9 Å². The molecule has 4 aliphatic rings. The highest BCUT2D eigenvalue weighted by atomic mass is 32.2. The van der Waals surface area contributed by atoms with E-state index >= 15 is 0 Å². The number of nitrogens with zero attached hydrogens (tertiary/aromatic N) is 2. The maximum Gasteiger partial charge on any atom is 0.408 e. The fourth-order valence-electron chi connectivity index (χ4n) is 6.48. The number of sulfonamides is 1. The topological polar surface area (TPSA) is 192 Å². The second-order valence-corrected chi connectivity index (χ2v) is 17.6. The van der Waals surface area contributed by atoms with Crippen molar-refractivity contribution in [2.75, 3.05) is 13.3 Å². The van der Waals surface area contributed by atoms with Crippen molar-refractivity contribution in [1.29, 1.82) is 0 Å². The molecule has 0 radical (unpaired) electrons. The molecule has 5 atom stereocenters. The molecule has 0 spiro atoms. The normalized spacial score (nSPS) is 24.7. The highest BCUT2D eigenvalue weighted by Crippen LogP contribution is 2.46. The molecule has 2 aromatic rings. The highest BCUT2D eigenvalue weighted by molar-refractivity contribution is 7.91. The van der Waals surface area contributed by atoms with Gasteiger partial charge in [-0.2, -0.15) is 0 Å². The maximum atomic E-state index is 14.5. The molecular formula is C35H45N5O10S. The summed E-state index contributed by atoms with van der Waals surface area (Å²) in [6.45, 7) is 14.2. The number of carbonyl (C=O) groups excluding carboxylic acids is 4. The van der Waals surface area contributed by atoms with Gasteiger partial charge in [-0.3, -0.25) is 19.1 Å². The van der Waals surface area contributed by atoms with Crippen LogP contribution in [0.15, 0.2) is 37.1 Å². The number of nitrogens with one attached hydrogen (secondary N) is 3. The quantitative estimate of drug-likeness (QED) is 0.305. The molecule has 2 saturated carbocycles. The molecule has 4 amide bonds. The first-order valence-electron chi connectivity index (χ1n) is 17.0. The zero-order valence-electron chi connectivity index (χ0n) is 29.6. The number of ether oxygens (including phenoxy) is 4. The van der Waals surface area contributed by atoms with Gasteiger partial charge in [0.15, 0.2) is 11.5 Å². The molecule has 15 nitrogen and oxygen atoms in total. The van der Waals surface area contributed by atoms with E-state index in [0.717, 1.165) is 0 Å². The zero-order valence-corrected chi connectivity index (χ0v) is 30.4. The highest BCUT2D eigenvalue weighted by Gasteiger charge is 2.62. The van der Waals surface area contributed by atoms with E-state index < -0.39 is 79.7 Å². The third-order valence-corrected chi connectivity index (χ3v) is 11.2. The monoisotopic (exact) mass is 727 g/mol. The van der Waals surface area contributed by atoms with Crippen LogP contribution in [0.2, 0.25) is 0 Å². The van der Waals surface area contributed by atoms with E-state index in [-0.39, 0.29) is 32.1 Å². The van der Waals surface area contributed by atoms with Gasteiger partial charge in [0.2, 0.25) is 34.5 Å². The molecule has 1 aromatic heterocycles. The van der Waals surface area contributed by atoms with Gasteiger partial charge in [0.1, 0.15) is 29.3 Å². The van der Waals surface area contributed by atoms with Crippen LogP contribution in [0.3, 0.4) is 0 Å². The molecule has 3 fully saturated rings. The molecule has 6 rings (SSSR count). The van der Waals surface area contributed by atoms with Gasteiger partial charge in [0, 0.05) is 29.3 Å². The van der Waals surface area contributed by atoms with Gasteiger partial charge < -0.3 is 34.5 Å². The molecule has 51 heavy (non-hydrogen) atoms. The van der Waals surface area contributed by atoms with Crippen molar-refractivity contribution >= 4 is 44.6 Å². The third kappa shape index (κ3) is 7.41. The van der Waals surface area contributed by atoms with Crippen molar-refractivity contribution in [3.8, 4) is 17.4 Å². The Labute approximate surface area is 296 Å². The minimum absolute atomic E-state index is 0.000318. The van der Waals surface area contributed by atoms with Crippen molar-refractivity contribution in [3.05, 3.63) is 37.1 Å². The van der Waals surface area contributed by atoms with Crippen LogP contribution in [0.1, 0.15) is 67.2 Å². The summed E-state index contributed by atoms with van der Waals surface area (Å²) in [7, 11) is -3.90. The standard InChI is InChI=1S/C35H45N5O10S/c1-8-19-16-35(19,31(43)39-51(45,46)21-9-10-21)38-28(41)24-15-20(49-29-23-11-12-25-26(48-18-47-25)22(23)13-14-36-29)17-40(24)30(42)27(33(2,3)4)37-32(44)50-34(5,6)7/h8,11-14,19-21,24,27H,1,9-10,15-18H2,2-7H3,(H,37,44)(H,38,41)(H,39,43)/t19-,20-,24+,27-,35-/m1/s1. The molecule has 2 aliphatic carbocycles. The van der Waals surface area contributed by atoms with Crippen LogP contribution in [0, 0.1) is 11.3 Å². The van der Waals surface area contributed by atoms with Crippen LogP contribution in [-0.2, 0) is 29.1 Å². The third-order valence-electron chi connectivity index (χ3n) is 9.39. The van der Waals surface area contributed by atoms with Gasteiger partial charge in [-0.1, -0.05) is 26.8 Å². The van der Waals surface area contributed by atoms with Crippen LogP contribution in [0.4, 0.5) is 4.79 Å². The van der Waals surface area contributed by atoms with E-state index in [4.69, 9.17) is 18.9 Å². The van der Waals surface area contributed by atoms with Crippen LogP contribution >= 0.6 is 0 Å². The number of alkyl carbamates (subject to hydrolysis) is 1. The number of hydrogen-bond donors (Lipinski definition) is 3. The minimum atomic E-state index is -3.90. The zero-order chi connectivity index (χ0) is 37.1. The Morgan fingerprint density at radius 3 is 2.43 bits per heavy atom. The minimum Gasteiger partial charge on any atom is -0.472 e. The summed E-state index contributed by atoms with van der Waals surface area (Å²) in [5.41, 5.74) is -3.22. The lowest BCUT2D eigenvalue weighted by atomic mass is 9.85. The molecular weight excluding hydrogens is 682 g/mol. The SMILES string of the molecule is C=C[C@@H]1C[C@]1(NC(=O)[C@@H]1C[C@@H](Oc2nccc3c4c(ccc23)OCO4)CN1C(=O)[C@@H](NC(=O)OC(C)(C)C)C(C)(C)C)C(=O)NS(=O)(=O)C1CC1. The summed E-state index contributed by atoms with van der Waals surface area (Å²) in [4.78, 5) is 60.8. The number of amides is 4. The Morgan fingerprint density at radius 2 is 1.80 bits per heavy atom. The molecule has 16 heteroatoms. The second-order valence-electron chi connectivity index (χ2n) is 15.6. The predicted octanol–water partition coefficient (Wildman–Crippen LogP) is 2.92. The summed E-state index contributed by atoms with van der Waals surface area (Å²) < 4.78 is 50.5. The van der Waals surface area contributed by atoms with Gasteiger partial charge in [0.05, 0.1) is 11.8 Å².